The molecule has 1 aliphatic rings. The van der Waals surface area contributed by atoms with Crippen LogP contribution >= 0.6 is 0 Å². The first-order valence-corrected chi connectivity index (χ1v) is 7.95. The predicted molar refractivity (Wildman–Crippen MR) is 81.1 cm³/mol. The molecule has 1 rings (SSSR count). The summed E-state index contributed by atoms with van der Waals surface area (Å²) in [4.78, 5) is 2.77. The van der Waals surface area contributed by atoms with Gasteiger partial charge in [-0.15, -0.1) is 0 Å². The van der Waals surface area contributed by atoms with E-state index in [-0.39, 0.29) is 5.54 Å². The van der Waals surface area contributed by atoms with E-state index in [0.717, 1.165) is 18.6 Å². The second-order valence-electron chi connectivity index (χ2n) is 7.01. The minimum absolute atomic E-state index is 0.237. The second-order valence-corrected chi connectivity index (χ2v) is 7.01. The molecule has 1 saturated heterocycles. The molecule has 18 heavy (non-hydrogen) atoms. The lowest BCUT2D eigenvalue weighted by Crippen LogP contribution is -2.50. The van der Waals surface area contributed by atoms with Gasteiger partial charge in [-0.3, -0.25) is 4.90 Å². The first-order valence-electron chi connectivity index (χ1n) is 7.95. The van der Waals surface area contributed by atoms with E-state index in [9.17, 15) is 0 Å². The minimum Gasteiger partial charge on any atom is -0.311 e. The standard InChI is InChI=1S/C16H34N2/c1-6-10-15(13-17-16(3,4)5)18-12-9-7-8-11-14(18)2/h14-15,17H,6-13H2,1-5H3. The van der Waals surface area contributed by atoms with Crippen LogP contribution in [0.2, 0.25) is 0 Å². The molecule has 2 heteroatoms. The van der Waals surface area contributed by atoms with Crippen LogP contribution in [-0.2, 0) is 0 Å². The highest BCUT2D eigenvalue weighted by Crippen LogP contribution is 2.21. The van der Waals surface area contributed by atoms with E-state index in [0.29, 0.717) is 0 Å². The van der Waals surface area contributed by atoms with Crippen LogP contribution in [0.15, 0.2) is 0 Å². The van der Waals surface area contributed by atoms with Crippen LogP contribution in [0.1, 0.15) is 73.1 Å². The fourth-order valence-corrected chi connectivity index (χ4v) is 2.98. The highest BCUT2D eigenvalue weighted by atomic mass is 15.2. The Morgan fingerprint density at radius 3 is 2.56 bits per heavy atom. The van der Waals surface area contributed by atoms with Gasteiger partial charge >= 0.3 is 0 Å². The maximum absolute atomic E-state index is 3.70. The molecule has 0 aromatic heterocycles. The molecule has 1 N–H and O–H groups in total. The molecule has 0 aromatic carbocycles. The van der Waals surface area contributed by atoms with E-state index in [1.165, 1.54) is 45.1 Å². The molecular formula is C16H34N2. The third-order valence-corrected chi connectivity index (χ3v) is 4.06. The monoisotopic (exact) mass is 254 g/mol. The fourth-order valence-electron chi connectivity index (χ4n) is 2.98. The van der Waals surface area contributed by atoms with E-state index in [4.69, 9.17) is 0 Å². The van der Waals surface area contributed by atoms with Crippen molar-refractivity contribution in [2.24, 2.45) is 0 Å². The normalized spacial score (nSPS) is 24.8. The number of rotatable bonds is 5. The summed E-state index contributed by atoms with van der Waals surface area (Å²) < 4.78 is 0. The van der Waals surface area contributed by atoms with Crippen molar-refractivity contribution in [3.63, 3.8) is 0 Å². The van der Waals surface area contributed by atoms with Gasteiger partial charge in [0.25, 0.3) is 0 Å². The zero-order chi connectivity index (χ0) is 13.6. The third-order valence-electron chi connectivity index (χ3n) is 4.06. The van der Waals surface area contributed by atoms with Crippen molar-refractivity contribution in [3.8, 4) is 0 Å². The minimum atomic E-state index is 0.237. The van der Waals surface area contributed by atoms with E-state index in [1.807, 2.05) is 0 Å². The molecule has 0 saturated carbocycles. The molecule has 1 fully saturated rings. The quantitative estimate of drug-likeness (QED) is 0.802. The number of hydrogen-bond acceptors (Lipinski definition) is 2. The molecule has 0 aliphatic carbocycles. The first kappa shape index (κ1) is 16.0. The van der Waals surface area contributed by atoms with E-state index >= 15 is 0 Å². The van der Waals surface area contributed by atoms with Crippen LogP contribution in [0, 0.1) is 0 Å². The van der Waals surface area contributed by atoms with Crippen LogP contribution in [0.4, 0.5) is 0 Å². The van der Waals surface area contributed by atoms with Crippen molar-refractivity contribution in [1.29, 1.82) is 0 Å². The molecule has 0 aromatic rings. The molecular weight excluding hydrogens is 220 g/mol. The van der Waals surface area contributed by atoms with Crippen molar-refractivity contribution in [2.75, 3.05) is 13.1 Å². The SMILES string of the molecule is CCCC(CNC(C)(C)C)N1CCCCCC1C. The van der Waals surface area contributed by atoms with E-state index in [1.54, 1.807) is 0 Å². The number of hydrogen-bond donors (Lipinski definition) is 1. The molecule has 1 aliphatic heterocycles. The third kappa shape index (κ3) is 5.71. The molecule has 0 radical (unpaired) electrons. The Balaban J connectivity index is 2.57. The van der Waals surface area contributed by atoms with Gasteiger partial charge in [0.05, 0.1) is 0 Å². The van der Waals surface area contributed by atoms with Gasteiger partial charge in [-0.2, -0.15) is 0 Å². The van der Waals surface area contributed by atoms with Crippen LogP contribution in [-0.4, -0.2) is 35.6 Å². The summed E-state index contributed by atoms with van der Waals surface area (Å²) in [5, 5.41) is 3.70. The lowest BCUT2D eigenvalue weighted by Gasteiger charge is -2.37. The molecule has 0 amide bonds. The van der Waals surface area contributed by atoms with Crippen LogP contribution in [0.3, 0.4) is 0 Å². The van der Waals surface area contributed by atoms with Crippen molar-refractivity contribution in [3.05, 3.63) is 0 Å². The predicted octanol–water partition coefficient (Wildman–Crippen LogP) is 3.81. The van der Waals surface area contributed by atoms with E-state index in [2.05, 4.69) is 44.8 Å². The van der Waals surface area contributed by atoms with Crippen LogP contribution in [0.25, 0.3) is 0 Å². The van der Waals surface area contributed by atoms with Gasteiger partial charge in [-0.25, -0.2) is 0 Å². The summed E-state index contributed by atoms with van der Waals surface area (Å²) in [6.45, 7) is 14.0. The second kappa shape index (κ2) is 7.49. The zero-order valence-corrected chi connectivity index (χ0v) is 13.3. The Bertz CT molecular complexity index is 220. The summed E-state index contributed by atoms with van der Waals surface area (Å²) in [6.07, 6.45) is 8.23. The molecule has 0 bridgehead atoms. The topological polar surface area (TPSA) is 15.3 Å². The zero-order valence-electron chi connectivity index (χ0n) is 13.3. The summed E-state index contributed by atoms with van der Waals surface area (Å²) in [6, 6.07) is 1.49. The van der Waals surface area contributed by atoms with Gasteiger partial charge in [-0.1, -0.05) is 26.2 Å². The molecule has 2 atom stereocenters. The van der Waals surface area contributed by atoms with Gasteiger partial charge in [0.1, 0.15) is 0 Å². The van der Waals surface area contributed by atoms with Crippen molar-refractivity contribution >= 4 is 0 Å². The average Bonchev–Trinajstić information content (AvgIpc) is 2.48. The summed E-state index contributed by atoms with van der Waals surface area (Å²) in [5.74, 6) is 0. The number of nitrogens with one attached hydrogen (secondary N) is 1. The maximum Gasteiger partial charge on any atom is 0.0223 e. The summed E-state index contributed by atoms with van der Waals surface area (Å²) >= 11 is 0. The molecule has 108 valence electrons. The van der Waals surface area contributed by atoms with Gasteiger partial charge < -0.3 is 5.32 Å². The largest absolute Gasteiger partial charge is 0.311 e. The average molecular weight is 254 g/mol. The van der Waals surface area contributed by atoms with E-state index < -0.39 is 0 Å². The first-order chi connectivity index (χ1) is 8.44. The highest BCUT2D eigenvalue weighted by molar-refractivity contribution is 4.83. The van der Waals surface area contributed by atoms with Crippen molar-refractivity contribution < 1.29 is 0 Å². The molecule has 1 heterocycles. The van der Waals surface area contributed by atoms with Crippen molar-refractivity contribution in [1.82, 2.24) is 10.2 Å². The Kier molecular flexibility index (Phi) is 6.65. The smallest absolute Gasteiger partial charge is 0.0223 e. The summed E-state index contributed by atoms with van der Waals surface area (Å²) in [5.41, 5.74) is 0.237. The highest BCUT2D eigenvalue weighted by Gasteiger charge is 2.25. The number of likely N-dealkylation sites (tertiary alicyclic amines) is 1. The maximum atomic E-state index is 3.70. The van der Waals surface area contributed by atoms with Gasteiger partial charge in [-0.05, 0) is 53.5 Å². The van der Waals surface area contributed by atoms with Crippen LogP contribution in [0.5, 0.6) is 0 Å². The Labute approximate surface area is 115 Å². The van der Waals surface area contributed by atoms with Crippen LogP contribution < -0.4 is 5.32 Å². The Morgan fingerprint density at radius 2 is 1.94 bits per heavy atom. The Hall–Kier alpha value is -0.0800. The fraction of sp³-hybridized carbons (Fsp3) is 1.00. The number of nitrogens with zero attached hydrogens (tertiary/aromatic N) is 1. The molecule has 0 spiro atoms. The lowest BCUT2D eigenvalue weighted by atomic mass is 10.0. The molecule has 2 unspecified atom stereocenters. The van der Waals surface area contributed by atoms with Gasteiger partial charge in [0.15, 0.2) is 0 Å². The van der Waals surface area contributed by atoms with Crippen molar-refractivity contribution in [2.45, 2.75) is 90.8 Å². The lowest BCUT2D eigenvalue weighted by molar-refractivity contribution is 0.130. The Morgan fingerprint density at radius 1 is 1.22 bits per heavy atom. The van der Waals surface area contributed by atoms with Gasteiger partial charge in [0, 0.05) is 24.2 Å². The van der Waals surface area contributed by atoms with Gasteiger partial charge in [0.2, 0.25) is 0 Å². The summed E-state index contributed by atoms with van der Waals surface area (Å²) in [7, 11) is 0. The molecule has 2 nitrogen and oxygen atoms in total.